The lowest BCUT2D eigenvalue weighted by Gasteiger charge is -2.28. The van der Waals surface area contributed by atoms with Gasteiger partial charge in [-0.05, 0) is 35.8 Å². The summed E-state index contributed by atoms with van der Waals surface area (Å²) in [7, 11) is 0. The first-order chi connectivity index (χ1) is 10.6. The summed E-state index contributed by atoms with van der Waals surface area (Å²) in [6, 6.07) is 20.2. The van der Waals surface area contributed by atoms with Crippen molar-refractivity contribution in [3.05, 3.63) is 71.8 Å². The Morgan fingerprint density at radius 3 is 1.27 bits per heavy atom. The Hall–Kier alpha value is -1.64. The Balaban J connectivity index is 1.91. The first kappa shape index (κ1) is 16.7. The lowest BCUT2D eigenvalue weighted by molar-refractivity contribution is -0.0396. The third-order valence-electron chi connectivity index (χ3n) is 4.32. The van der Waals surface area contributed by atoms with Gasteiger partial charge in [-0.25, -0.2) is 0 Å². The second-order valence-electron chi connectivity index (χ2n) is 6.32. The van der Waals surface area contributed by atoms with E-state index >= 15 is 0 Å². The largest absolute Gasteiger partial charge is 0.390 e. The summed E-state index contributed by atoms with van der Waals surface area (Å²) < 4.78 is 0. The van der Waals surface area contributed by atoms with E-state index in [0.717, 1.165) is 12.8 Å². The summed E-state index contributed by atoms with van der Waals surface area (Å²) in [5.74, 6) is 0.0475. The van der Waals surface area contributed by atoms with Crippen LogP contribution in [0, 0.1) is 11.8 Å². The lowest BCUT2D eigenvalue weighted by Crippen LogP contribution is -2.38. The first-order valence-electron chi connectivity index (χ1n) is 8.02. The number of aliphatic hydroxyl groups is 2. The molecule has 0 bridgehead atoms. The van der Waals surface area contributed by atoms with Crippen LogP contribution >= 0.6 is 0 Å². The molecule has 4 atom stereocenters. The van der Waals surface area contributed by atoms with Crippen molar-refractivity contribution in [2.45, 2.75) is 38.9 Å². The molecular formula is C20H26O2. The summed E-state index contributed by atoms with van der Waals surface area (Å²) in [6.07, 6.45) is 0.131. The molecule has 2 aromatic rings. The van der Waals surface area contributed by atoms with Gasteiger partial charge in [0.1, 0.15) is 0 Å². The van der Waals surface area contributed by atoms with Crippen molar-refractivity contribution in [3.63, 3.8) is 0 Å². The Morgan fingerprint density at radius 1 is 0.636 bits per heavy atom. The molecule has 22 heavy (non-hydrogen) atoms. The number of hydrogen-bond acceptors (Lipinski definition) is 2. The third-order valence-corrected chi connectivity index (χ3v) is 4.32. The van der Waals surface area contributed by atoms with Gasteiger partial charge in [-0.2, -0.15) is 0 Å². The molecular weight excluding hydrogens is 272 g/mol. The maximum atomic E-state index is 10.4. The van der Waals surface area contributed by atoms with Crippen molar-refractivity contribution in [1.29, 1.82) is 0 Å². The molecule has 0 fully saturated rings. The highest BCUT2D eigenvalue weighted by Gasteiger charge is 2.27. The summed E-state index contributed by atoms with van der Waals surface area (Å²) in [5, 5.41) is 20.9. The van der Waals surface area contributed by atoms with Crippen LogP contribution in [0.25, 0.3) is 0 Å². The minimum atomic E-state index is -0.709. The molecule has 2 aromatic carbocycles. The molecule has 2 heteroatoms. The fourth-order valence-electron chi connectivity index (χ4n) is 2.89. The number of benzene rings is 2. The summed E-state index contributed by atoms with van der Waals surface area (Å²) >= 11 is 0. The molecule has 0 aromatic heterocycles. The number of hydrogen-bond donors (Lipinski definition) is 2. The summed E-state index contributed by atoms with van der Waals surface area (Å²) in [5.41, 5.74) is 2.38. The van der Waals surface area contributed by atoms with Gasteiger partial charge in [-0.1, -0.05) is 74.5 Å². The highest BCUT2D eigenvalue weighted by atomic mass is 16.3. The quantitative estimate of drug-likeness (QED) is 0.822. The van der Waals surface area contributed by atoms with Crippen LogP contribution in [0.15, 0.2) is 60.7 Å². The SMILES string of the molecule is CC(Cc1ccccc1)C(O)C(O)C(C)Cc1ccccc1. The van der Waals surface area contributed by atoms with Crippen LogP contribution in [-0.4, -0.2) is 22.4 Å². The van der Waals surface area contributed by atoms with Crippen LogP contribution in [0.1, 0.15) is 25.0 Å². The molecule has 0 aliphatic carbocycles. The monoisotopic (exact) mass is 298 g/mol. The fourth-order valence-corrected chi connectivity index (χ4v) is 2.89. The minimum Gasteiger partial charge on any atom is -0.390 e. The molecule has 0 heterocycles. The summed E-state index contributed by atoms with van der Waals surface area (Å²) in [6.45, 7) is 3.99. The van der Waals surface area contributed by atoms with E-state index in [1.54, 1.807) is 0 Å². The molecule has 0 aliphatic rings. The van der Waals surface area contributed by atoms with Crippen molar-refractivity contribution in [2.75, 3.05) is 0 Å². The molecule has 0 amide bonds. The maximum absolute atomic E-state index is 10.4. The molecule has 4 unspecified atom stereocenters. The molecule has 2 N–H and O–H groups in total. The van der Waals surface area contributed by atoms with Crippen LogP contribution < -0.4 is 0 Å². The van der Waals surface area contributed by atoms with Gasteiger partial charge in [0.15, 0.2) is 0 Å². The topological polar surface area (TPSA) is 40.5 Å². The van der Waals surface area contributed by atoms with Gasteiger partial charge in [-0.3, -0.25) is 0 Å². The highest BCUT2D eigenvalue weighted by molar-refractivity contribution is 5.16. The second-order valence-corrected chi connectivity index (χ2v) is 6.32. The van der Waals surface area contributed by atoms with E-state index in [1.165, 1.54) is 11.1 Å². The van der Waals surface area contributed by atoms with Gasteiger partial charge in [0.25, 0.3) is 0 Å². The van der Waals surface area contributed by atoms with Crippen molar-refractivity contribution in [3.8, 4) is 0 Å². The van der Waals surface area contributed by atoms with Crippen molar-refractivity contribution in [1.82, 2.24) is 0 Å². The molecule has 0 radical (unpaired) electrons. The van der Waals surface area contributed by atoms with E-state index in [1.807, 2.05) is 50.2 Å². The Bertz CT molecular complexity index is 487. The first-order valence-corrected chi connectivity index (χ1v) is 8.02. The summed E-state index contributed by atoms with van der Waals surface area (Å²) in [4.78, 5) is 0. The number of rotatable bonds is 7. The van der Waals surface area contributed by atoms with Crippen LogP contribution in [0.3, 0.4) is 0 Å². The zero-order chi connectivity index (χ0) is 15.9. The van der Waals surface area contributed by atoms with Crippen molar-refractivity contribution >= 4 is 0 Å². The zero-order valence-corrected chi connectivity index (χ0v) is 13.4. The van der Waals surface area contributed by atoms with E-state index in [-0.39, 0.29) is 11.8 Å². The van der Waals surface area contributed by atoms with E-state index in [0.29, 0.717) is 0 Å². The average molecular weight is 298 g/mol. The van der Waals surface area contributed by atoms with Crippen LogP contribution in [0.2, 0.25) is 0 Å². The average Bonchev–Trinajstić information content (AvgIpc) is 2.55. The molecule has 2 nitrogen and oxygen atoms in total. The molecule has 0 spiro atoms. The smallest absolute Gasteiger partial charge is 0.0830 e. The van der Waals surface area contributed by atoms with Crippen molar-refractivity contribution < 1.29 is 10.2 Å². The highest BCUT2D eigenvalue weighted by Crippen LogP contribution is 2.21. The van der Waals surface area contributed by atoms with Gasteiger partial charge in [-0.15, -0.1) is 0 Å². The van der Waals surface area contributed by atoms with E-state index in [9.17, 15) is 10.2 Å². The molecule has 0 aliphatic heterocycles. The molecule has 118 valence electrons. The van der Waals surface area contributed by atoms with E-state index < -0.39 is 12.2 Å². The fraction of sp³-hybridized carbons (Fsp3) is 0.400. The van der Waals surface area contributed by atoms with E-state index in [2.05, 4.69) is 24.3 Å². The predicted molar refractivity (Wildman–Crippen MR) is 90.6 cm³/mol. The van der Waals surface area contributed by atoms with Gasteiger partial charge < -0.3 is 10.2 Å². The van der Waals surface area contributed by atoms with Crippen LogP contribution in [-0.2, 0) is 12.8 Å². The second kappa shape index (κ2) is 8.11. The zero-order valence-electron chi connectivity index (χ0n) is 13.4. The van der Waals surface area contributed by atoms with Gasteiger partial charge >= 0.3 is 0 Å². The standard InChI is InChI=1S/C20H26O2/c1-15(13-17-9-5-3-6-10-17)19(21)20(22)16(2)14-18-11-7-4-8-12-18/h3-12,15-16,19-22H,13-14H2,1-2H3. The normalized spacial score (nSPS) is 16.7. The van der Waals surface area contributed by atoms with Crippen LogP contribution in [0.5, 0.6) is 0 Å². The maximum Gasteiger partial charge on any atom is 0.0830 e. The molecule has 2 rings (SSSR count). The Morgan fingerprint density at radius 2 is 0.955 bits per heavy atom. The minimum absolute atomic E-state index is 0.0237. The van der Waals surface area contributed by atoms with Gasteiger partial charge in [0.05, 0.1) is 12.2 Å². The van der Waals surface area contributed by atoms with E-state index in [4.69, 9.17) is 0 Å². The molecule has 0 saturated carbocycles. The molecule has 0 saturated heterocycles. The lowest BCUT2D eigenvalue weighted by atomic mass is 9.85. The number of aliphatic hydroxyl groups excluding tert-OH is 2. The van der Waals surface area contributed by atoms with Gasteiger partial charge in [0, 0.05) is 0 Å². The predicted octanol–water partition coefficient (Wildman–Crippen LogP) is 3.47. The Kier molecular flexibility index (Phi) is 6.17. The van der Waals surface area contributed by atoms with Crippen LogP contribution in [0.4, 0.5) is 0 Å². The Labute approximate surface area is 133 Å². The third kappa shape index (κ3) is 4.69. The van der Waals surface area contributed by atoms with Crippen molar-refractivity contribution in [2.24, 2.45) is 11.8 Å². The van der Waals surface area contributed by atoms with Gasteiger partial charge in [0.2, 0.25) is 0 Å².